The van der Waals surface area contributed by atoms with Crippen molar-refractivity contribution in [1.29, 1.82) is 0 Å². The summed E-state index contributed by atoms with van der Waals surface area (Å²) in [5.74, 6) is 0.277. The number of hydrogen-bond acceptors (Lipinski definition) is 3. The first-order valence-corrected chi connectivity index (χ1v) is 7.78. The Labute approximate surface area is 142 Å². The quantitative estimate of drug-likeness (QED) is 0.546. The zero-order valence-electron chi connectivity index (χ0n) is 15.2. The van der Waals surface area contributed by atoms with Crippen LogP contribution in [0.15, 0.2) is 23.2 Å². The molecule has 1 aromatic carbocycles. The average Bonchev–Trinajstić information content (AvgIpc) is 2.57. The molecule has 0 heterocycles. The minimum Gasteiger partial charge on any atom is -0.494 e. The van der Waals surface area contributed by atoms with E-state index in [1.165, 1.54) is 13.2 Å². The molecule has 3 N–H and O–H groups in total. The molecule has 0 bridgehead atoms. The van der Waals surface area contributed by atoms with E-state index >= 15 is 0 Å². The van der Waals surface area contributed by atoms with Gasteiger partial charge in [-0.25, -0.2) is 4.39 Å². The molecule has 1 aromatic rings. The highest BCUT2D eigenvalue weighted by Gasteiger charge is 2.26. The van der Waals surface area contributed by atoms with Gasteiger partial charge in [0, 0.05) is 20.6 Å². The van der Waals surface area contributed by atoms with Crippen molar-refractivity contribution in [3.05, 3.63) is 29.6 Å². The maximum Gasteiger partial charge on any atom is 0.227 e. The summed E-state index contributed by atoms with van der Waals surface area (Å²) in [6, 6.07) is 4.65. The Morgan fingerprint density at radius 2 is 2.08 bits per heavy atom. The maximum absolute atomic E-state index is 13.8. The number of carbonyl (C=O) groups is 1. The molecule has 0 radical (unpaired) electrons. The molecule has 1 atom stereocenters. The molecule has 1 unspecified atom stereocenters. The lowest BCUT2D eigenvalue weighted by Gasteiger charge is -2.25. The van der Waals surface area contributed by atoms with Crippen LogP contribution < -0.4 is 20.7 Å². The number of benzene rings is 1. The molecule has 0 aromatic heterocycles. The third-order valence-corrected chi connectivity index (χ3v) is 3.79. The number of amides is 1. The van der Waals surface area contributed by atoms with Crippen LogP contribution in [-0.2, 0) is 4.79 Å². The molecule has 24 heavy (non-hydrogen) atoms. The van der Waals surface area contributed by atoms with Gasteiger partial charge in [-0.15, -0.1) is 0 Å². The zero-order chi connectivity index (χ0) is 18.3. The van der Waals surface area contributed by atoms with Gasteiger partial charge in [0.1, 0.15) is 0 Å². The highest BCUT2D eigenvalue weighted by Crippen LogP contribution is 2.21. The smallest absolute Gasteiger partial charge is 0.227 e. The van der Waals surface area contributed by atoms with Crippen LogP contribution in [0.25, 0.3) is 0 Å². The molecule has 134 valence electrons. The van der Waals surface area contributed by atoms with E-state index in [0.717, 1.165) is 5.56 Å². The molecular formula is C17H27FN4O2. The summed E-state index contributed by atoms with van der Waals surface area (Å²) in [4.78, 5) is 16.0. The fourth-order valence-corrected chi connectivity index (χ4v) is 2.16. The Bertz CT molecular complexity index is 602. The van der Waals surface area contributed by atoms with Gasteiger partial charge in [-0.2, -0.15) is 0 Å². The number of nitrogens with zero attached hydrogens (tertiary/aromatic N) is 1. The van der Waals surface area contributed by atoms with Crippen molar-refractivity contribution in [2.75, 3.05) is 27.7 Å². The van der Waals surface area contributed by atoms with Crippen molar-refractivity contribution >= 4 is 11.9 Å². The van der Waals surface area contributed by atoms with Gasteiger partial charge in [-0.3, -0.25) is 9.79 Å². The number of halogens is 1. The first-order chi connectivity index (χ1) is 11.2. The van der Waals surface area contributed by atoms with E-state index in [9.17, 15) is 9.18 Å². The van der Waals surface area contributed by atoms with E-state index < -0.39 is 11.2 Å². The first kappa shape index (κ1) is 19.7. The van der Waals surface area contributed by atoms with Crippen molar-refractivity contribution in [3.63, 3.8) is 0 Å². The Balaban J connectivity index is 2.71. The lowest BCUT2D eigenvalue weighted by molar-refractivity contribution is -0.128. The number of aliphatic imine (C=N–C) groups is 1. The fraction of sp³-hybridized carbons (Fsp3) is 0.529. The molecule has 0 aliphatic heterocycles. The molecule has 0 aliphatic carbocycles. The predicted octanol–water partition coefficient (Wildman–Crippen LogP) is 1.83. The second-order valence-corrected chi connectivity index (χ2v) is 6.15. The third-order valence-electron chi connectivity index (χ3n) is 3.79. The number of methoxy groups -OCH3 is 1. The lowest BCUT2D eigenvalue weighted by Crippen LogP contribution is -2.47. The van der Waals surface area contributed by atoms with Gasteiger partial charge < -0.3 is 20.7 Å². The molecule has 6 nitrogen and oxygen atoms in total. The van der Waals surface area contributed by atoms with Crippen molar-refractivity contribution in [2.24, 2.45) is 10.4 Å². The molecule has 0 spiro atoms. The molecular weight excluding hydrogens is 311 g/mol. The molecule has 0 aliphatic rings. The van der Waals surface area contributed by atoms with Crippen LogP contribution in [0.5, 0.6) is 5.75 Å². The number of hydrogen-bond donors (Lipinski definition) is 3. The SMILES string of the molecule is CN=C(NCC(C)(C)C(=O)NC)NC(C)c1ccc(OC)c(F)c1. The van der Waals surface area contributed by atoms with Gasteiger partial charge in [0.25, 0.3) is 0 Å². The van der Waals surface area contributed by atoms with Crippen LogP contribution in [0.3, 0.4) is 0 Å². The van der Waals surface area contributed by atoms with E-state index in [1.807, 2.05) is 20.8 Å². The number of ether oxygens (including phenoxy) is 1. The minimum absolute atomic E-state index is 0.0595. The molecule has 1 amide bonds. The third kappa shape index (κ3) is 5.11. The van der Waals surface area contributed by atoms with E-state index in [2.05, 4.69) is 20.9 Å². The fourth-order valence-electron chi connectivity index (χ4n) is 2.16. The predicted molar refractivity (Wildman–Crippen MR) is 93.7 cm³/mol. The number of rotatable bonds is 6. The van der Waals surface area contributed by atoms with Crippen molar-refractivity contribution in [1.82, 2.24) is 16.0 Å². The Morgan fingerprint density at radius 3 is 2.58 bits per heavy atom. The number of nitrogens with one attached hydrogen (secondary N) is 3. The molecule has 1 rings (SSSR count). The van der Waals surface area contributed by atoms with E-state index in [-0.39, 0.29) is 17.7 Å². The highest BCUT2D eigenvalue weighted by molar-refractivity contribution is 5.84. The van der Waals surface area contributed by atoms with Gasteiger partial charge in [-0.1, -0.05) is 6.07 Å². The largest absolute Gasteiger partial charge is 0.494 e. The standard InChI is InChI=1S/C17H27FN4O2/c1-11(12-7-8-14(24-6)13(18)9-12)22-16(20-5)21-10-17(2,3)15(23)19-4/h7-9,11H,10H2,1-6H3,(H,19,23)(H2,20,21,22). The van der Waals surface area contributed by atoms with Crippen LogP contribution in [0.1, 0.15) is 32.4 Å². The molecule has 0 fully saturated rings. The van der Waals surface area contributed by atoms with Crippen molar-refractivity contribution in [2.45, 2.75) is 26.8 Å². The summed E-state index contributed by atoms with van der Waals surface area (Å²) in [5.41, 5.74) is 0.184. The summed E-state index contributed by atoms with van der Waals surface area (Å²) >= 11 is 0. The topological polar surface area (TPSA) is 74.8 Å². The van der Waals surface area contributed by atoms with E-state index in [1.54, 1.807) is 26.2 Å². The van der Waals surface area contributed by atoms with Crippen molar-refractivity contribution in [3.8, 4) is 5.75 Å². The van der Waals surface area contributed by atoms with E-state index in [0.29, 0.717) is 12.5 Å². The van der Waals surface area contributed by atoms with Crippen LogP contribution >= 0.6 is 0 Å². The number of carbonyl (C=O) groups excluding carboxylic acids is 1. The van der Waals surface area contributed by atoms with Gasteiger partial charge in [0.05, 0.1) is 18.6 Å². The monoisotopic (exact) mass is 338 g/mol. The Kier molecular flexibility index (Phi) is 7.00. The Hall–Kier alpha value is -2.31. The highest BCUT2D eigenvalue weighted by atomic mass is 19.1. The second-order valence-electron chi connectivity index (χ2n) is 6.15. The van der Waals surface area contributed by atoms with Gasteiger partial charge in [0.2, 0.25) is 5.91 Å². The van der Waals surface area contributed by atoms with Gasteiger partial charge in [-0.05, 0) is 38.5 Å². The van der Waals surface area contributed by atoms with Crippen LogP contribution in [0, 0.1) is 11.2 Å². The zero-order valence-corrected chi connectivity index (χ0v) is 15.2. The van der Waals surface area contributed by atoms with Gasteiger partial charge in [0.15, 0.2) is 17.5 Å². The second kappa shape index (κ2) is 8.52. The summed E-state index contributed by atoms with van der Waals surface area (Å²) in [6.45, 7) is 6.00. The normalized spacial score (nSPS) is 13.2. The minimum atomic E-state index is -0.582. The van der Waals surface area contributed by atoms with Crippen LogP contribution in [-0.4, -0.2) is 39.6 Å². The van der Waals surface area contributed by atoms with Crippen LogP contribution in [0.4, 0.5) is 4.39 Å². The Morgan fingerprint density at radius 1 is 1.42 bits per heavy atom. The summed E-state index contributed by atoms with van der Waals surface area (Å²) in [7, 11) is 4.68. The maximum atomic E-state index is 13.8. The molecule has 0 saturated carbocycles. The molecule has 7 heteroatoms. The van der Waals surface area contributed by atoms with Crippen molar-refractivity contribution < 1.29 is 13.9 Å². The van der Waals surface area contributed by atoms with E-state index in [4.69, 9.17) is 4.74 Å². The van der Waals surface area contributed by atoms with Crippen LogP contribution in [0.2, 0.25) is 0 Å². The summed E-state index contributed by atoms with van der Waals surface area (Å²) in [6.07, 6.45) is 0. The average molecular weight is 338 g/mol. The summed E-state index contributed by atoms with van der Waals surface area (Å²) in [5, 5.41) is 8.94. The number of guanidine groups is 1. The lowest BCUT2D eigenvalue weighted by atomic mass is 9.92. The summed E-state index contributed by atoms with van der Waals surface area (Å²) < 4.78 is 18.7. The van der Waals surface area contributed by atoms with Gasteiger partial charge >= 0.3 is 0 Å². The molecule has 0 saturated heterocycles. The first-order valence-electron chi connectivity index (χ1n) is 7.78.